The molecule has 0 saturated heterocycles. The summed E-state index contributed by atoms with van der Waals surface area (Å²) in [5, 5.41) is 11.8. The highest BCUT2D eigenvalue weighted by Gasteiger charge is 2.23. The first-order valence-corrected chi connectivity index (χ1v) is 10.1. The molecule has 3 heterocycles. The number of aromatic nitrogens is 4. The number of ether oxygens (including phenoxy) is 1. The molecule has 0 spiro atoms. The molecule has 8 nitrogen and oxygen atoms in total. The van der Waals surface area contributed by atoms with E-state index in [1.165, 1.54) is 5.56 Å². The van der Waals surface area contributed by atoms with Crippen molar-refractivity contribution in [3.8, 4) is 5.75 Å². The molecule has 1 unspecified atom stereocenters. The van der Waals surface area contributed by atoms with Gasteiger partial charge in [0.25, 0.3) is 5.91 Å². The Hall–Kier alpha value is -3.26. The van der Waals surface area contributed by atoms with Gasteiger partial charge < -0.3 is 14.6 Å². The van der Waals surface area contributed by atoms with Crippen molar-refractivity contribution in [3.05, 3.63) is 71.6 Å². The Kier molecular flexibility index (Phi) is 6.04. The standard InChI is InChI=1S/C22H26N6O2/c1-16(24-22(29)17-7-5-10-23-14-17)21-26-25-20-9-11-27(12-13-28(20)21)15-18-6-3-4-8-19(18)30-2/h3-8,10,14,16H,9,11-13,15H2,1-2H3,(H,24,29). The largest absolute Gasteiger partial charge is 0.496 e. The molecule has 0 fully saturated rings. The van der Waals surface area contributed by atoms with Gasteiger partial charge in [-0.1, -0.05) is 18.2 Å². The van der Waals surface area contributed by atoms with E-state index in [0.29, 0.717) is 5.56 Å². The summed E-state index contributed by atoms with van der Waals surface area (Å²) in [6.07, 6.45) is 4.02. The third kappa shape index (κ3) is 4.33. The first-order valence-electron chi connectivity index (χ1n) is 10.1. The van der Waals surface area contributed by atoms with E-state index < -0.39 is 0 Å². The molecule has 0 bridgehead atoms. The molecule has 8 heteroatoms. The van der Waals surface area contributed by atoms with E-state index in [-0.39, 0.29) is 11.9 Å². The number of hydrogen-bond acceptors (Lipinski definition) is 6. The molecule has 4 rings (SSSR count). The highest BCUT2D eigenvalue weighted by Crippen LogP contribution is 2.21. The van der Waals surface area contributed by atoms with Crippen LogP contribution in [0.15, 0.2) is 48.8 Å². The van der Waals surface area contributed by atoms with Crippen molar-refractivity contribution >= 4 is 5.91 Å². The van der Waals surface area contributed by atoms with E-state index in [1.807, 2.05) is 25.1 Å². The number of methoxy groups -OCH3 is 1. The Bertz CT molecular complexity index is 1000. The van der Waals surface area contributed by atoms with E-state index in [1.54, 1.807) is 31.6 Å². The van der Waals surface area contributed by atoms with Crippen molar-refractivity contribution in [3.63, 3.8) is 0 Å². The second-order valence-corrected chi connectivity index (χ2v) is 7.40. The summed E-state index contributed by atoms with van der Waals surface area (Å²) in [6.45, 7) is 5.31. The van der Waals surface area contributed by atoms with Crippen molar-refractivity contribution in [2.45, 2.75) is 32.5 Å². The van der Waals surface area contributed by atoms with Crippen molar-refractivity contribution in [2.75, 3.05) is 20.2 Å². The summed E-state index contributed by atoms with van der Waals surface area (Å²) in [6, 6.07) is 11.4. The summed E-state index contributed by atoms with van der Waals surface area (Å²) < 4.78 is 7.63. The fourth-order valence-electron chi connectivity index (χ4n) is 3.78. The third-order valence-corrected chi connectivity index (χ3v) is 5.39. The lowest BCUT2D eigenvalue weighted by atomic mass is 10.2. The van der Waals surface area contributed by atoms with Gasteiger partial charge in [0.05, 0.1) is 18.7 Å². The molecule has 1 N–H and O–H groups in total. The number of benzene rings is 1. The van der Waals surface area contributed by atoms with Crippen LogP contribution >= 0.6 is 0 Å². The normalized spacial score (nSPS) is 15.1. The molecule has 3 aromatic rings. The van der Waals surface area contributed by atoms with E-state index >= 15 is 0 Å². The Morgan fingerprint density at radius 2 is 2.03 bits per heavy atom. The van der Waals surface area contributed by atoms with E-state index in [0.717, 1.165) is 50.0 Å². The van der Waals surface area contributed by atoms with Gasteiger partial charge in [0, 0.05) is 50.6 Å². The molecule has 156 valence electrons. The van der Waals surface area contributed by atoms with Crippen molar-refractivity contribution in [1.29, 1.82) is 0 Å². The quantitative estimate of drug-likeness (QED) is 0.676. The van der Waals surface area contributed by atoms with Gasteiger partial charge >= 0.3 is 0 Å². The Morgan fingerprint density at radius 3 is 2.83 bits per heavy atom. The lowest BCUT2D eigenvalue weighted by molar-refractivity contribution is 0.0937. The zero-order valence-corrected chi connectivity index (χ0v) is 17.3. The van der Waals surface area contributed by atoms with Gasteiger partial charge in [-0.2, -0.15) is 0 Å². The Labute approximate surface area is 175 Å². The lowest BCUT2D eigenvalue weighted by Crippen LogP contribution is -2.30. The summed E-state index contributed by atoms with van der Waals surface area (Å²) in [5.41, 5.74) is 1.71. The van der Waals surface area contributed by atoms with Gasteiger partial charge in [-0.25, -0.2) is 0 Å². The lowest BCUT2D eigenvalue weighted by Gasteiger charge is -2.21. The molecule has 0 saturated carbocycles. The summed E-state index contributed by atoms with van der Waals surface area (Å²) in [4.78, 5) is 18.9. The van der Waals surface area contributed by atoms with Crippen LogP contribution in [0.25, 0.3) is 0 Å². The number of carbonyl (C=O) groups is 1. The van der Waals surface area contributed by atoms with E-state index in [9.17, 15) is 4.79 Å². The van der Waals surface area contributed by atoms with E-state index in [4.69, 9.17) is 4.74 Å². The molecule has 2 aromatic heterocycles. The summed E-state index contributed by atoms with van der Waals surface area (Å²) >= 11 is 0. The summed E-state index contributed by atoms with van der Waals surface area (Å²) in [7, 11) is 1.70. The van der Waals surface area contributed by atoms with Crippen LogP contribution in [0, 0.1) is 0 Å². The Morgan fingerprint density at radius 1 is 1.17 bits per heavy atom. The van der Waals surface area contributed by atoms with E-state index in [2.05, 4.69) is 36.0 Å². The average molecular weight is 406 g/mol. The Balaban J connectivity index is 1.43. The number of nitrogens with zero attached hydrogens (tertiary/aromatic N) is 5. The monoisotopic (exact) mass is 406 g/mol. The number of amides is 1. The number of rotatable bonds is 6. The third-order valence-electron chi connectivity index (χ3n) is 5.39. The van der Waals surface area contributed by atoms with Crippen LogP contribution < -0.4 is 10.1 Å². The van der Waals surface area contributed by atoms with Crippen LogP contribution in [0.1, 0.15) is 40.5 Å². The molecule has 1 aliphatic rings. The van der Waals surface area contributed by atoms with Crippen LogP contribution in [0.4, 0.5) is 0 Å². The molecule has 30 heavy (non-hydrogen) atoms. The minimum atomic E-state index is -0.250. The minimum Gasteiger partial charge on any atom is -0.496 e. The number of hydrogen-bond donors (Lipinski definition) is 1. The van der Waals surface area contributed by atoms with Gasteiger partial charge in [-0.15, -0.1) is 10.2 Å². The molecule has 1 aromatic carbocycles. The second kappa shape index (κ2) is 9.04. The molecule has 0 radical (unpaired) electrons. The van der Waals surface area contributed by atoms with Gasteiger partial charge in [0.15, 0.2) is 5.82 Å². The molecule has 1 amide bonds. The SMILES string of the molecule is COc1ccccc1CN1CCc2nnc(C(C)NC(=O)c3cccnc3)n2CC1. The first kappa shape index (κ1) is 20.0. The maximum atomic E-state index is 12.5. The van der Waals surface area contributed by atoms with Crippen molar-refractivity contribution in [1.82, 2.24) is 30.0 Å². The predicted molar refractivity (Wildman–Crippen MR) is 112 cm³/mol. The molecular weight excluding hydrogens is 380 g/mol. The zero-order valence-electron chi connectivity index (χ0n) is 17.3. The van der Waals surface area contributed by atoms with Gasteiger partial charge in [0.2, 0.25) is 0 Å². The maximum absolute atomic E-state index is 12.5. The van der Waals surface area contributed by atoms with Gasteiger partial charge in [-0.3, -0.25) is 14.7 Å². The van der Waals surface area contributed by atoms with Crippen LogP contribution in [-0.2, 0) is 19.5 Å². The predicted octanol–water partition coefficient (Wildman–Crippen LogP) is 2.23. The first-order chi connectivity index (χ1) is 14.7. The number of para-hydroxylation sites is 1. The highest BCUT2D eigenvalue weighted by molar-refractivity contribution is 5.93. The second-order valence-electron chi connectivity index (χ2n) is 7.40. The minimum absolute atomic E-state index is 0.167. The zero-order chi connectivity index (χ0) is 20.9. The number of carbonyl (C=O) groups excluding carboxylic acids is 1. The van der Waals surface area contributed by atoms with Crippen molar-refractivity contribution < 1.29 is 9.53 Å². The van der Waals surface area contributed by atoms with Crippen LogP contribution in [-0.4, -0.2) is 50.8 Å². The fraction of sp³-hybridized carbons (Fsp3) is 0.364. The molecule has 1 atom stereocenters. The van der Waals surface area contributed by atoms with Gasteiger partial charge in [-0.05, 0) is 25.1 Å². The van der Waals surface area contributed by atoms with Crippen LogP contribution in [0.5, 0.6) is 5.75 Å². The summed E-state index contributed by atoms with van der Waals surface area (Å²) in [5.74, 6) is 2.48. The molecule has 1 aliphatic heterocycles. The van der Waals surface area contributed by atoms with Crippen LogP contribution in [0.2, 0.25) is 0 Å². The topological polar surface area (TPSA) is 85.2 Å². The average Bonchev–Trinajstić information content (AvgIpc) is 3.09. The number of pyridine rings is 1. The molecular formula is C22H26N6O2. The molecule has 0 aliphatic carbocycles. The smallest absolute Gasteiger partial charge is 0.253 e. The fourth-order valence-corrected chi connectivity index (χ4v) is 3.78. The van der Waals surface area contributed by atoms with Crippen molar-refractivity contribution in [2.24, 2.45) is 0 Å². The maximum Gasteiger partial charge on any atom is 0.253 e. The number of fused-ring (bicyclic) bond motifs is 1. The highest BCUT2D eigenvalue weighted by atomic mass is 16.5. The van der Waals surface area contributed by atoms with Gasteiger partial charge in [0.1, 0.15) is 11.6 Å². The number of nitrogens with one attached hydrogen (secondary N) is 1. The van der Waals surface area contributed by atoms with Crippen LogP contribution in [0.3, 0.4) is 0 Å².